The maximum Gasteiger partial charge on any atom is 0.358 e. The van der Waals surface area contributed by atoms with Crippen molar-refractivity contribution < 1.29 is 23.8 Å². The number of hydrogen-bond acceptors (Lipinski definition) is 7. The van der Waals surface area contributed by atoms with Crippen LogP contribution in [0.1, 0.15) is 20.8 Å². The van der Waals surface area contributed by atoms with E-state index in [1.807, 2.05) is 30.3 Å². The van der Waals surface area contributed by atoms with Crippen molar-refractivity contribution in [2.45, 2.75) is 0 Å². The van der Waals surface area contributed by atoms with Gasteiger partial charge in [-0.25, -0.2) is 9.48 Å². The Bertz CT molecular complexity index is 1450. The van der Waals surface area contributed by atoms with Crippen LogP contribution in [0.4, 0.5) is 0 Å². The number of amides is 1. The zero-order chi connectivity index (χ0) is 24.9. The summed E-state index contributed by atoms with van der Waals surface area (Å²) in [4.78, 5) is 25.1. The first kappa shape index (κ1) is 23.3. The number of carbonyl (C=O) groups is 2. The smallest absolute Gasteiger partial charge is 0.358 e. The van der Waals surface area contributed by atoms with Crippen LogP contribution < -0.4 is 14.8 Å². The third kappa shape index (κ3) is 4.25. The van der Waals surface area contributed by atoms with Crippen LogP contribution in [0.15, 0.2) is 60.7 Å². The largest absolute Gasteiger partial charge is 0.496 e. The average Bonchev–Trinajstić information content (AvgIpc) is 3.34. The van der Waals surface area contributed by atoms with E-state index in [1.165, 1.54) is 7.11 Å². The number of methoxy groups -OCH3 is 3. The minimum absolute atomic E-state index is 0.0929. The highest BCUT2D eigenvalue weighted by Gasteiger charge is 2.24. The van der Waals surface area contributed by atoms with Gasteiger partial charge in [0.15, 0.2) is 5.69 Å². The quantitative estimate of drug-likeness (QED) is 0.323. The van der Waals surface area contributed by atoms with Crippen molar-refractivity contribution in [3.05, 3.63) is 71.9 Å². The molecule has 0 saturated carbocycles. The molecule has 9 nitrogen and oxygen atoms in total. The summed E-state index contributed by atoms with van der Waals surface area (Å²) in [6.45, 7) is -0.103. The zero-order valence-corrected chi connectivity index (χ0v) is 19.4. The summed E-state index contributed by atoms with van der Waals surface area (Å²) in [6, 6.07) is 19.6. The van der Waals surface area contributed by atoms with E-state index in [1.54, 1.807) is 55.3 Å². The molecule has 1 heterocycles. The molecule has 9 heteroatoms. The molecule has 176 valence electrons. The van der Waals surface area contributed by atoms with Crippen molar-refractivity contribution in [1.29, 1.82) is 5.26 Å². The fourth-order valence-electron chi connectivity index (χ4n) is 3.93. The third-order valence-electron chi connectivity index (χ3n) is 5.49. The molecule has 3 aromatic carbocycles. The fourth-order valence-corrected chi connectivity index (χ4v) is 3.93. The third-order valence-corrected chi connectivity index (χ3v) is 5.49. The van der Waals surface area contributed by atoms with Gasteiger partial charge in [-0.1, -0.05) is 30.3 Å². The lowest BCUT2D eigenvalue weighted by atomic mass is 10.0. The van der Waals surface area contributed by atoms with Gasteiger partial charge in [0.1, 0.15) is 18.0 Å². The van der Waals surface area contributed by atoms with E-state index in [0.717, 1.165) is 0 Å². The highest BCUT2D eigenvalue weighted by molar-refractivity contribution is 6.09. The van der Waals surface area contributed by atoms with E-state index in [-0.39, 0.29) is 18.1 Å². The minimum Gasteiger partial charge on any atom is -0.496 e. The number of nitrogens with zero attached hydrogens (tertiary/aromatic N) is 3. The average molecular weight is 470 g/mol. The van der Waals surface area contributed by atoms with Crippen molar-refractivity contribution in [3.63, 3.8) is 0 Å². The van der Waals surface area contributed by atoms with Crippen molar-refractivity contribution in [2.24, 2.45) is 0 Å². The van der Waals surface area contributed by atoms with Gasteiger partial charge in [0.2, 0.25) is 0 Å². The first-order valence-electron chi connectivity index (χ1n) is 10.6. The molecule has 1 amide bonds. The molecule has 0 fully saturated rings. The van der Waals surface area contributed by atoms with Crippen LogP contribution in [0, 0.1) is 11.3 Å². The molecule has 1 N–H and O–H groups in total. The Labute approximate surface area is 201 Å². The van der Waals surface area contributed by atoms with Gasteiger partial charge in [-0.2, -0.15) is 10.4 Å². The lowest BCUT2D eigenvalue weighted by molar-refractivity contribution is 0.0593. The number of benzene rings is 3. The predicted octanol–water partition coefficient (Wildman–Crippen LogP) is 3.75. The summed E-state index contributed by atoms with van der Waals surface area (Å²) in [5.74, 6) is 0.0877. The first-order valence-corrected chi connectivity index (χ1v) is 10.6. The Hall–Kier alpha value is -4.84. The van der Waals surface area contributed by atoms with Gasteiger partial charge >= 0.3 is 5.97 Å². The molecule has 0 radical (unpaired) electrons. The van der Waals surface area contributed by atoms with Gasteiger partial charge in [-0.3, -0.25) is 4.79 Å². The number of carbonyl (C=O) groups excluding carboxylic acids is 2. The maximum absolute atomic E-state index is 12.7. The number of hydrogen-bond donors (Lipinski definition) is 1. The Morgan fingerprint density at radius 3 is 2.29 bits per heavy atom. The molecule has 0 aliphatic carbocycles. The second-order valence-electron chi connectivity index (χ2n) is 7.37. The number of fused-ring (bicyclic) bond motifs is 1. The predicted molar refractivity (Wildman–Crippen MR) is 129 cm³/mol. The van der Waals surface area contributed by atoms with Crippen LogP contribution in [-0.4, -0.2) is 49.5 Å². The van der Waals surface area contributed by atoms with Crippen LogP contribution in [0.25, 0.3) is 27.7 Å². The molecule has 1 aromatic heterocycles. The van der Waals surface area contributed by atoms with Crippen molar-refractivity contribution in [1.82, 2.24) is 15.1 Å². The highest BCUT2D eigenvalue weighted by Crippen LogP contribution is 2.40. The monoisotopic (exact) mass is 470 g/mol. The first-order chi connectivity index (χ1) is 17.0. The summed E-state index contributed by atoms with van der Waals surface area (Å²) in [5.41, 5.74) is 2.26. The molecule has 0 unspecified atom stereocenters. The van der Waals surface area contributed by atoms with Gasteiger partial charge in [-0.15, -0.1) is 0 Å². The molecule has 0 spiro atoms. The van der Waals surface area contributed by atoms with Crippen LogP contribution in [0.2, 0.25) is 0 Å². The van der Waals surface area contributed by atoms with Crippen molar-refractivity contribution >= 4 is 22.6 Å². The van der Waals surface area contributed by atoms with E-state index in [2.05, 4.69) is 10.4 Å². The SMILES string of the molecule is COC(=O)c1cc(-c2c(OC)cccc2OC)n(-c2ccc(C(=O)NCC#N)c3ccccc23)n1. The molecule has 35 heavy (non-hydrogen) atoms. The molecule has 0 aliphatic rings. The second kappa shape index (κ2) is 9.97. The molecular formula is C26H22N4O5. The van der Waals surface area contributed by atoms with Crippen LogP contribution in [-0.2, 0) is 4.74 Å². The Morgan fingerprint density at radius 1 is 0.971 bits per heavy atom. The van der Waals surface area contributed by atoms with Crippen LogP contribution in [0.3, 0.4) is 0 Å². The number of esters is 1. The number of nitriles is 1. The lowest BCUT2D eigenvalue weighted by Gasteiger charge is -2.16. The van der Waals surface area contributed by atoms with E-state index in [9.17, 15) is 9.59 Å². The normalized spacial score (nSPS) is 10.5. The molecule has 4 rings (SSSR count). The lowest BCUT2D eigenvalue weighted by Crippen LogP contribution is -2.23. The Morgan fingerprint density at radius 2 is 1.66 bits per heavy atom. The standard InChI is InChI=1S/C26H22N4O5/c1-33-22-9-6-10-23(34-2)24(22)21-15-19(26(32)35-3)29-30(21)20-12-11-18(25(31)28-14-13-27)16-7-4-5-8-17(16)20/h4-12,15H,14H2,1-3H3,(H,28,31). The van der Waals surface area contributed by atoms with E-state index < -0.39 is 5.97 Å². The van der Waals surface area contributed by atoms with Gasteiger partial charge < -0.3 is 19.5 Å². The molecule has 0 saturated heterocycles. The molecular weight excluding hydrogens is 448 g/mol. The molecule has 0 aliphatic heterocycles. The number of aromatic nitrogens is 2. The summed E-state index contributed by atoms with van der Waals surface area (Å²) in [6.07, 6.45) is 0. The maximum atomic E-state index is 12.7. The van der Waals surface area contributed by atoms with Crippen molar-refractivity contribution in [3.8, 4) is 34.5 Å². The molecule has 4 aromatic rings. The van der Waals surface area contributed by atoms with Gasteiger partial charge in [0, 0.05) is 10.9 Å². The van der Waals surface area contributed by atoms with E-state index in [4.69, 9.17) is 19.5 Å². The topological polar surface area (TPSA) is 115 Å². The van der Waals surface area contributed by atoms with E-state index >= 15 is 0 Å². The number of ether oxygens (including phenoxy) is 3. The van der Waals surface area contributed by atoms with Gasteiger partial charge in [0.05, 0.1) is 44.3 Å². The zero-order valence-electron chi connectivity index (χ0n) is 19.4. The van der Waals surface area contributed by atoms with Gasteiger partial charge in [0.25, 0.3) is 5.91 Å². The fraction of sp³-hybridized carbons (Fsp3) is 0.154. The van der Waals surface area contributed by atoms with Crippen LogP contribution in [0.5, 0.6) is 11.5 Å². The second-order valence-corrected chi connectivity index (χ2v) is 7.37. The summed E-state index contributed by atoms with van der Waals surface area (Å²) in [7, 11) is 4.38. The number of rotatable bonds is 7. The van der Waals surface area contributed by atoms with Crippen molar-refractivity contribution in [2.75, 3.05) is 27.9 Å². The summed E-state index contributed by atoms with van der Waals surface area (Å²) < 4.78 is 17.7. The summed E-state index contributed by atoms with van der Waals surface area (Å²) in [5, 5.41) is 17.3. The highest BCUT2D eigenvalue weighted by atomic mass is 16.5. The minimum atomic E-state index is -0.601. The Balaban J connectivity index is 2.01. The van der Waals surface area contributed by atoms with Gasteiger partial charge in [-0.05, 0) is 35.7 Å². The Kier molecular flexibility index (Phi) is 6.64. The molecule has 0 bridgehead atoms. The van der Waals surface area contributed by atoms with E-state index in [0.29, 0.717) is 44.8 Å². The summed E-state index contributed by atoms with van der Waals surface area (Å²) >= 11 is 0. The molecule has 0 atom stereocenters. The van der Waals surface area contributed by atoms with Crippen LogP contribution >= 0.6 is 0 Å². The number of nitrogens with one attached hydrogen (secondary N) is 1.